The molecule has 5 nitrogen and oxygen atoms in total. The Balaban J connectivity index is 1.73. The predicted octanol–water partition coefficient (Wildman–Crippen LogP) is 3.95. The average molecular weight is 397 g/mol. The molecule has 0 radical (unpaired) electrons. The number of rotatable bonds is 3. The summed E-state index contributed by atoms with van der Waals surface area (Å²) in [6.07, 6.45) is 0. The van der Waals surface area contributed by atoms with Gasteiger partial charge in [-0.1, -0.05) is 18.2 Å². The van der Waals surface area contributed by atoms with Crippen molar-refractivity contribution in [3.05, 3.63) is 47.3 Å². The van der Waals surface area contributed by atoms with Gasteiger partial charge in [-0.05, 0) is 50.2 Å². The number of thiophene rings is 1. The summed E-state index contributed by atoms with van der Waals surface area (Å²) in [6.45, 7) is 3.20. The van der Waals surface area contributed by atoms with E-state index in [-0.39, 0.29) is 17.7 Å². The fraction of sp³-hybridized carbons (Fsp3) is 0.318. The lowest BCUT2D eigenvalue weighted by atomic mass is 10.0. The monoisotopic (exact) mass is 396 g/mol. The van der Waals surface area contributed by atoms with Crippen LogP contribution in [-0.4, -0.2) is 54.1 Å². The van der Waals surface area contributed by atoms with Crippen molar-refractivity contribution in [2.75, 3.05) is 27.2 Å². The summed E-state index contributed by atoms with van der Waals surface area (Å²) >= 11 is 1.69. The molecule has 0 fully saturated rings. The summed E-state index contributed by atoms with van der Waals surface area (Å²) in [7, 11) is 3.80. The number of amides is 1. The van der Waals surface area contributed by atoms with Crippen molar-refractivity contribution in [2.45, 2.75) is 19.5 Å². The zero-order chi connectivity index (χ0) is 19.8. The molecule has 2 heterocycles. The average Bonchev–Trinajstić information content (AvgIpc) is 2.99. The van der Waals surface area contributed by atoms with Crippen LogP contribution in [0.1, 0.15) is 12.5 Å². The van der Waals surface area contributed by atoms with Gasteiger partial charge in [-0.3, -0.25) is 9.69 Å². The Bertz CT molecular complexity index is 1030. The van der Waals surface area contributed by atoms with Crippen LogP contribution in [0.3, 0.4) is 0 Å². The number of likely N-dealkylation sites (N-methyl/N-ethyl adjacent to an activating group) is 1. The van der Waals surface area contributed by atoms with E-state index < -0.39 is 0 Å². The van der Waals surface area contributed by atoms with Crippen LogP contribution >= 0.6 is 11.3 Å². The van der Waals surface area contributed by atoms with Crippen molar-refractivity contribution >= 4 is 27.3 Å². The highest BCUT2D eigenvalue weighted by Crippen LogP contribution is 2.41. The van der Waals surface area contributed by atoms with Gasteiger partial charge in [-0.25, -0.2) is 0 Å². The topological polar surface area (TPSA) is 53.0 Å². The normalized spacial score (nSPS) is 15.2. The van der Waals surface area contributed by atoms with Crippen LogP contribution in [-0.2, 0) is 11.3 Å². The summed E-state index contributed by atoms with van der Waals surface area (Å²) in [5.41, 5.74) is 2.86. The zero-order valence-electron chi connectivity index (χ0n) is 16.3. The van der Waals surface area contributed by atoms with E-state index in [1.165, 1.54) is 4.70 Å². The molecule has 1 N–H and O–H groups in total. The van der Waals surface area contributed by atoms with Crippen molar-refractivity contribution in [3.8, 4) is 22.6 Å². The summed E-state index contributed by atoms with van der Waals surface area (Å²) < 4.78 is 7.01. The Morgan fingerprint density at radius 2 is 2.07 bits per heavy atom. The molecule has 0 unspecified atom stereocenters. The lowest BCUT2D eigenvalue weighted by Crippen LogP contribution is -2.44. The quantitative estimate of drug-likeness (QED) is 0.728. The maximum atomic E-state index is 12.8. The Morgan fingerprint density at radius 1 is 1.29 bits per heavy atom. The molecular weight excluding hydrogens is 372 g/mol. The van der Waals surface area contributed by atoms with Gasteiger partial charge in [0.05, 0.1) is 12.6 Å². The predicted molar refractivity (Wildman–Crippen MR) is 113 cm³/mol. The molecule has 0 aliphatic carbocycles. The number of carbonyl (C=O) groups is 1. The first-order chi connectivity index (χ1) is 13.5. The summed E-state index contributed by atoms with van der Waals surface area (Å²) in [5.74, 6) is 0.668. The van der Waals surface area contributed by atoms with Gasteiger partial charge < -0.3 is 14.7 Å². The summed E-state index contributed by atoms with van der Waals surface area (Å²) in [4.78, 5) is 16.6. The molecule has 0 saturated heterocycles. The second-order valence-corrected chi connectivity index (χ2v) is 8.29. The van der Waals surface area contributed by atoms with Gasteiger partial charge in [0, 0.05) is 27.8 Å². The first kappa shape index (κ1) is 18.8. The number of aromatic hydroxyl groups is 1. The minimum atomic E-state index is -0.209. The van der Waals surface area contributed by atoms with Gasteiger partial charge in [0.25, 0.3) is 0 Å². The van der Waals surface area contributed by atoms with E-state index in [2.05, 4.69) is 17.5 Å². The number of ether oxygens (including phenoxy) is 1. The van der Waals surface area contributed by atoms with Gasteiger partial charge in [0.2, 0.25) is 5.91 Å². The van der Waals surface area contributed by atoms with E-state index in [0.717, 1.165) is 22.1 Å². The van der Waals surface area contributed by atoms with E-state index in [1.54, 1.807) is 17.4 Å². The highest BCUT2D eigenvalue weighted by Gasteiger charge is 2.27. The number of nitrogens with zero attached hydrogens (tertiary/aromatic N) is 2. The molecule has 3 aromatic rings. The summed E-state index contributed by atoms with van der Waals surface area (Å²) in [5, 5.41) is 13.9. The Morgan fingerprint density at radius 3 is 2.86 bits per heavy atom. The van der Waals surface area contributed by atoms with Gasteiger partial charge in [0.1, 0.15) is 6.61 Å². The van der Waals surface area contributed by atoms with Gasteiger partial charge in [-0.2, -0.15) is 0 Å². The fourth-order valence-corrected chi connectivity index (χ4v) is 4.50. The van der Waals surface area contributed by atoms with Crippen molar-refractivity contribution in [2.24, 2.45) is 0 Å². The van der Waals surface area contributed by atoms with Crippen molar-refractivity contribution < 1.29 is 14.6 Å². The number of phenolic OH excluding ortho intramolecular Hbond substituents is 1. The molecule has 28 heavy (non-hydrogen) atoms. The maximum absolute atomic E-state index is 12.8. The number of hydrogen-bond acceptors (Lipinski definition) is 5. The first-order valence-corrected chi connectivity index (χ1v) is 10.2. The molecule has 1 atom stereocenters. The maximum Gasteiger partial charge on any atom is 0.240 e. The molecular formula is C22H24N2O3S. The first-order valence-electron chi connectivity index (χ1n) is 9.36. The van der Waals surface area contributed by atoms with Crippen LogP contribution in [0.5, 0.6) is 11.5 Å². The molecule has 1 aromatic heterocycles. The standard InChI is InChI=1S/C22H24N2O3S/c1-14(23(2)3)22(26)24-8-9-27-21-16(12-24)10-15(11-19(21)25)18-13-28-20-7-5-4-6-17(18)20/h4-7,10-11,13-14,25H,8-9,12H2,1-3H3/t14-/m0/s1. The summed E-state index contributed by atoms with van der Waals surface area (Å²) in [6, 6.07) is 11.8. The van der Waals surface area contributed by atoms with Gasteiger partial charge in [0.15, 0.2) is 11.5 Å². The van der Waals surface area contributed by atoms with Crippen LogP contribution in [0.25, 0.3) is 21.2 Å². The van der Waals surface area contributed by atoms with Gasteiger partial charge in [-0.15, -0.1) is 11.3 Å². The third-order valence-corrected chi connectivity index (χ3v) is 6.31. The number of hydrogen-bond donors (Lipinski definition) is 1. The fourth-order valence-electron chi connectivity index (χ4n) is 3.53. The van der Waals surface area contributed by atoms with E-state index in [9.17, 15) is 9.90 Å². The number of carbonyl (C=O) groups excluding carboxylic acids is 1. The molecule has 4 rings (SSSR count). The second-order valence-electron chi connectivity index (χ2n) is 7.38. The van der Waals surface area contributed by atoms with Crippen molar-refractivity contribution in [1.82, 2.24) is 9.80 Å². The third kappa shape index (κ3) is 3.34. The highest BCUT2D eigenvalue weighted by molar-refractivity contribution is 7.17. The lowest BCUT2D eigenvalue weighted by molar-refractivity contribution is -0.136. The van der Waals surface area contributed by atoms with Crippen LogP contribution in [0.2, 0.25) is 0 Å². The molecule has 6 heteroatoms. The lowest BCUT2D eigenvalue weighted by Gasteiger charge is -2.27. The Kier molecular flexibility index (Phi) is 5.00. The highest BCUT2D eigenvalue weighted by atomic mass is 32.1. The minimum Gasteiger partial charge on any atom is -0.504 e. The molecule has 0 saturated carbocycles. The minimum absolute atomic E-state index is 0.0623. The number of fused-ring (bicyclic) bond motifs is 2. The molecule has 1 aliphatic heterocycles. The number of phenols is 1. The van der Waals surface area contributed by atoms with Crippen molar-refractivity contribution in [3.63, 3.8) is 0 Å². The molecule has 146 valence electrons. The van der Waals surface area contributed by atoms with Gasteiger partial charge >= 0.3 is 0 Å². The molecule has 1 aliphatic rings. The number of benzene rings is 2. The molecule has 1 amide bonds. The smallest absolute Gasteiger partial charge is 0.240 e. The SMILES string of the molecule is C[C@@H](C(=O)N1CCOc2c(O)cc(-c3csc4ccccc34)cc2C1)N(C)C. The van der Waals surface area contributed by atoms with E-state index >= 15 is 0 Å². The van der Waals surface area contributed by atoms with Crippen LogP contribution in [0, 0.1) is 0 Å². The van der Waals surface area contributed by atoms with Crippen molar-refractivity contribution in [1.29, 1.82) is 0 Å². The largest absolute Gasteiger partial charge is 0.504 e. The zero-order valence-corrected chi connectivity index (χ0v) is 17.1. The Labute approximate surface area is 168 Å². The van der Waals surface area contributed by atoms with E-state index in [1.807, 2.05) is 49.0 Å². The molecule has 2 aromatic carbocycles. The Hall–Kier alpha value is -2.57. The second kappa shape index (κ2) is 7.45. The molecule has 0 spiro atoms. The van der Waals surface area contributed by atoms with Crippen LogP contribution < -0.4 is 4.74 Å². The third-order valence-electron chi connectivity index (χ3n) is 5.35. The van der Waals surface area contributed by atoms with Crippen LogP contribution in [0.15, 0.2) is 41.8 Å². The van der Waals surface area contributed by atoms with E-state index in [0.29, 0.717) is 25.4 Å². The van der Waals surface area contributed by atoms with E-state index in [4.69, 9.17) is 4.74 Å². The molecule has 0 bridgehead atoms. The van der Waals surface area contributed by atoms with Crippen LogP contribution in [0.4, 0.5) is 0 Å².